The summed E-state index contributed by atoms with van der Waals surface area (Å²) in [5, 5.41) is 2.93. The summed E-state index contributed by atoms with van der Waals surface area (Å²) >= 11 is 0. The number of benzene rings is 1. The van der Waals surface area contributed by atoms with Crippen LogP contribution in [0.25, 0.3) is 0 Å². The molecule has 1 fully saturated rings. The first-order valence-corrected chi connectivity index (χ1v) is 9.79. The Hall–Kier alpha value is -2.83. The summed E-state index contributed by atoms with van der Waals surface area (Å²) in [6, 6.07) is 9.36. The van der Waals surface area contributed by atoms with Gasteiger partial charge in [0, 0.05) is 43.7 Å². The highest BCUT2D eigenvalue weighted by Crippen LogP contribution is 2.21. The first kappa shape index (κ1) is 19.9. The quantitative estimate of drug-likeness (QED) is 0.801. The molecule has 28 heavy (non-hydrogen) atoms. The normalized spacial score (nSPS) is 16.6. The van der Waals surface area contributed by atoms with E-state index in [2.05, 4.69) is 15.3 Å². The predicted octanol–water partition coefficient (Wildman–Crippen LogP) is 2.43. The van der Waals surface area contributed by atoms with E-state index in [4.69, 9.17) is 4.74 Å². The van der Waals surface area contributed by atoms with E-state index >= 15 is 0 Å². The molecular weight excluding hydrogens is 356 g/mol. The number of aryl methyl sites for hydroxylation is 2. The van der Waals surface area contributed by atoms with Crippen LogP contribution in [0.5, 0.6) is 5.75 Å². The zero-order chi connectivity index (χ0) is 19.9. The van der Waals surface area contributed by atoms with Crippen molar-refractivity contribution >= 4 is 6.03 Å². The fourth-order valence-corrected chi connectivity index (χ4v) is 3.47. The minimum Gasteiger partial charge on any atom is -0.493 e. The number of carbonyl (C=O) groups excluding carboxylic acids is 1. The van der Waals surface area contributed by atoms with Crippen molar-refractivity contribution in [1.29, 1.82) is 0 Å². The molecule has 0 bridgehead atoms. The number of amides is 2. The van der Waals surface area contributed by atoms with E-state index in [1.807, 2.05) is 36.1 Å². The third-order valence-electron chi connectivity index (χ3n) is 4.93. The summed E-state index contributed by atoms with van der Waals surface area (Å²) in [6.45, 7) is 6.31. The molecule has 1 atom stereocenters. The standard InChI is InChI=1S/C21H28N4O3/c1-15-6-3-4-8-18(15)28-14-17-7-5-11-25(13-17)21(27)22-10-9-19-23-16(2)12-20(26)24-19/h3-4,6,8,12,17H,5,7,9-11,13-14H2,1-2H3,(H,22,27)(H,23,24,26)/t17-/m0/s1. The van der Waals surface area contributed by atoms with Crippen LogP contribution in [0.15, 0.2) is 35.1 Å². The highest BCUT2D eigenvalue weighted by molar-refractivity contribution is 5.74. The zero-order valence-corrected chi connectivity index (χ0v) is 16.5. The molecule has 1 aromatic heterocycles. The van der Waals surface area contributed by atoms with Gasteiger partial charge in [0.1, 0.15) is 11.6 Å². The van der Waals surface area contributed by atoms with Gasteiger partial charge in [-0.3, -0.25) is 4.79 Å². The monoisotopic (exact) mass is 384 g/mol. The van der Waals surface area contributed by atoms with Gasteiger partial charge < -0.3 is 19.9 Å². The van der Waals surface area contributed by atoms with Crippen LogP contribution in [0.3, 0.4) is 0 Å². The molecule has 150 valence electrons. The minimum absolute atomic E-state index is 0.0735. The van der Waals surface area contributed by atoms with Crippen molar-refractivity contribution in [1.82, 2.24) is 20.2 Å². The summed E-state index contributed by atoms with van der Waals surface area (Å²) in [6.07, 6.45) is 2.53. The Balaban J connectivity index is 1.44. The lowest BCUT2D eigenvalue weighted by Gasteiger charge is -2.32. The van der Waals surface area contributed by atoms with Gasteiger partial charge in [-0.05, 0) is 38.3 Å². The van der Waals surface area contributed by atoms with Gasteiger partial charge in [-0.2, -0.15) is 0 Å². The number of nitrogens with one attached hydrogen (secondary N) is 2. The minimum atomic E-state index is -0.165. The van der Waals surface area contributed by atoms with Gasteiger partial charge in [0.15, 0.2) is 0 Å². The number of rotatable bonds is 6. The molecule has 1 aliphatic heterocycles. The molecule has 2 aromatic rings. The molecule has 7 nitrogen and oxygen atoms in total. The van der Waals surface area contributed by atoms with E-state index in [-0.39, 0.29) is 11.6 Å². The SMILES string of the molecule is Cc1cc(=O)[nH]c(CCNC(=O)N2CCC[C@H](COc3ccccc3C)C2)n1. The topological polar surface area (TPSA) is 87.3 Å². The molecule has 2 N–H and O–H groups in total. The fraction of sp³-hybridized carbons (Fsp3) is 0.476. The third-order valence-corrected chi connectivity index (χ3v) is 4.93. The lowest BCUT2D eigenvalue weighted by molar-refractivity contribution is 0.137. The molecule has 0 saturated carbocycles. The molecule has 0 radical (unpaired) electrons. The maximum atomic E-state index is 12.5. The van der Waals surface area contributed by atoms with Crippen molar-refractivity contribution in [3.8, 4) is 5.75 Å². The number of hydrogen-bond acceptors (Lipinski definition) is 4. The number of carbonyl (C=O) groups is 1. The van der Waals surface area contributed by atoms with Gasteiger partial charge in [-0.25, -0.2) is 9.78 Å². The van der Waals surface area contributed by atoms with Crippen LogP contribution in [0.2, 0.25) is 0 Å². The van der Waals surface area contributed by atoms with Crippen molar-refractivity contribution in [3.63, 3.8) is 0 Å². The highest BCUT2D eigenvalue weighted by atomic mass is 16.5. The van der Waals surface area contributed by atoms with E-state index in [1.54, 1.807) is 6.92 Å². The van der Waals surface area contributed by atoms with Gasteiger partial charge in [-0.15, -0.1) is 0 Å². The van der Waals surface area contributed by atoms with Crippen LogP contribution in [0, 0.1) is 19.8 Å². The van der Waals surface area contributed by atoms with Crippen molar-refractivity contribution in [2.24, 2.45) is 5.92 Å². The zero-order valence-electron chi connectivity index (χ0n) is 16.5. The number of ether oxygens (including phenoxy) is 1. The first-order chi connectivity index (χ1) is 13.5. The van der Waals surface area contributed by atoms with Crippen molar-refractivity contribution < 1.29 is 9.53 Å². The number of urea groups is 1. The number of aromatic amines is 1. The molecule has 0 aliphatic carbocycles. The Kier molecular flexibility index (Phi) is 6.68. The van der Waals surface area contributed by atoms with Crippen LogP contribution in [-0.2, 0) is 6.42 Å². The summed E-state index contributed by atoms with van der Waals surface area (Å²) in [5.41, 5.74) is 1.63. The average molecular weight is 384 g/mol. The molecule has 0 spiro atoms. The summed E-state index contributed by atoms with van der Waals surface area (Å²) in [7, 11) is 0. The van der Waals surface area contributed by atoms with Crippen LogP contribution >= 0.6 is 0 Å². The Morgan fingerprint density at radius 3 is 2.96 bits per heavy atom. The molecule has 7 heteroatoms. The number of hydrogen-bond donors (Lipinski definition) is 2. The van der Waals surface area contributed by atoms with Crippen LogP contribution in [-0.4, -0.2) is 47.1 Å². The maximum Gasteiger partial charge on any atom is 0.317 e. The summed E-state index contributed by atoms with van der Waals surface area (Å²) in [4.78, 5) is 32.8. The smallest absolute Gasteiger partial charge is 0.317 e. The predicted molar refractivity (Wildman–Crippen MR) is 108 cm³/mol. The molecule has 1 aromatic carbocycles. The van der Waals surface area contributed by atoms with E-state index in [1.165, 1.54) is 6.07 Å². The van der Waals surface area contributed by atoms with Gasteiger partial charge in [0.25, 0.3) is 5.56 Å². The van der Waals surface area contributed by atoms with Gasteiger partial charge in [0.2, 0.25) is 0 Å². The van der Waals surface area contributed by atoms with Crippen LogP contribution in [0.1, 0.15) is 29.9 Å². The molecule has 2 amide bonds. The number of para-hydroxylation sites is 1. The van der Waals surface area contributed by atoms with Gasteiger partial charge in [0.05, 0.1) is 6.61 Å². The first-order valence-electron chi connectivity index (χ1n) is 9.79. The highest BCUT2D eigenvalue weighted by Gasteiger charge is 2.24. The Bertz CT molecular complexity index is 865. The maximum absolute atomic E-state index is 12.5. The molecule has 1 aliphatic rings. The molecule has 3 rings (SSSR count). The second-order valence-corrected chi connectivity index (χ2v) is 7.35. The fourth-order valence-electron chi connectivity index (χ4n) is 3.47. The van der Waals surface area contributed by atoms with Gasteiger partial charge >= 0.3 is 6.03 Å². The van der Waals surface area contributed by atoms with Gasteiger partial charge in [-0.1, -0.05) is 18.2 Å². The largest absolute Gasteiger partial charge is 0.493 e. The van der Waals surface area contributed by atoms with E-state index in [0.29, 0.717) is 43.6 Å². The van der Waals surface area contributed by atoms with E-state index in [0.717, 1.165) is 30.7 Å². The number of nitrogens with zero attached hydrogens (tertiary/aromatic N) is 2. The number of aromatic nitrogens is 2. The van der Waals surface area contributed by atoms with Crippen LogP contribution < -0.4 is 15.6 Å². The number of piperidine rings is 1. The van der Waals surface area contributed by atoms with Crippen molar-refractivity contribution in [2.45, 2.75) is 33.1 Å². The lowest BCUT2D eigenvalue weighted by Crippen LogP contribution is -2.47. The Labute approximate surface area is 165 Å². The molecule has 2 heterocycles. The summed E-state index contributed by atoms with van der Waals surface area (Å²) < 4.78 is 5.97. The molecule has 1 saturated heterocycles. The average Bonchev–Trinajstić information content (AvgIpc) is 2.67. The van der Waals surface area contributed by atoms with E-state index < -0.39 is 0 Å². The van der Waals surface area contributed by atoms with Crippen LogP contribution in [0.4, 0.5) is 4.79 Å². The second kappa shape index (κ2) is 9.39. The number of likely N-dealkylation sites (tertiary alicyclic amines) is 1. The third kappa shape index (κ3) is 5.58. The number of H-pyrrole nitrogens is 1. The lowest BCUT2D eigenvalue weighted by atomic mass is 9.99. The molecular formula is C21H28N4O3. The Morgan fingerprint density at radius 1 is 1.36 bits per heavy atom. The van der Waals surface area contributed by atoms with E-state index in [9.17, 15) is 9.59 Å². The van der Waals surface area contributed by atoms with Crippen molar-refractivity contribution in [2.75, 3.05) is 26.2 Å². The van der Waals surface area contributed by atoms with Crippen molar-refractivity contribution in [3.05, 3.63) is 57.8 Å². The molecule has 0 unspecified atom stereocenters. The summed E-state index contributed by atoms with van der Waals surface area (Å²) in [5.74, 6) is 1.83. The second-order valence-electron chi connectivity index (χ2n) is 7.35. The Morgan fingerprint density at radius 2 is 2.18 bits per heavy atom.